The molecular formula is C24H34N4O3. The first-order valence-electron chi connectivity index (χ1n) is 11.1. The Morgan fingerprint density at radius 3 is 2.45 bits per heavy atom. The predicted molar refractivity (Wildman–Crippen MR) is 123 cm³/mol. The number of nitrogens with zero attached hydrogens (tertiary/aromatic N) is 2. The molecule has 0 aliphatic carbocycles. The topological polar surface area (TPSA) is 77.7 Å². The lowest BCUT2D eigenvalue weighted by Crippen LogP contribution is -2.52. The number of hydrogen-bond acceptors (Lipinski definition) is 5. The number of aromatic amines is 1. The van der Waals surface area contributed by atoms with Gasteiger partial charge in [-0.15, -0.1) is 0 Å². The molecule has 0 radical (unpaired) electrons. The summed E-state index contributed by atoms with van der Waals surface area (Å²) in [5, 5.41) is 3.06. The molecule has 0 spiro atoms. The first-order chi connectivity index (χ1) is 15.0. The summed E-state index contributed by atoms with van der Waals surface area (Å²) >= 11 is 0. The van der Waals surface area contributed by atoms with Crippen molar-refractivity contribution in [3.8, 4) is 0 Å². The molecule has 1 saturated heterocycles. The summed E-state index contributed by atoms with van der Waals surface area (Å²) in [5.41, 5.74) is 3.63. The molecular weight excluding hydrogens is 392 g/mol. The van der Waals surface area contributed by atoms with E-state index in [4.69, 9.17) is 4.74 Å². The third-order valence-electron chi connectivity index (χ3n) is 6.02. The number of para-hydroxylation sites is 1. The maximum Gasteiger partial charge on any atom is 0.339 e. The third kappa shape index (κ3) is 5.28. The lowest BCUT2D eigenvalue weighted by molar-refractivity contribution is 0.0599. The van der Waals surface area contributed by atoms with E-state index in [-0.39, 0.29) is 11.9 Å². The van der Waals surface area contributed by atoms with Crippen LogP contribution in [0.5, 0.6) is 0 Å². The average molecular weight is 427 g/mol. The SMILES string of the molecule is CCCc1c(C(=O)NCC(C)N2CCN(c3ccccc3)CC2)[nH]c(C)c1C(=O)OC. The Morgan fingerprint density at radius 2 is 1.84 bits per heavy atom. The average Bonchev–Trinajstić information content (AvgIpc) is 3.13. The number of amides is 1. The van der Waals surface area contributed by atoms with Gasteiger partial charge in [-0.3, -0.25) is 9.69 Å². The highest BCUT2D eigenvalue weighted by atomic mass is 16.5. The molecule has 0 bridgehead atoms. The summed E-state index contributed by atoms with van der Waals surface area (Å²) in [6.07, 6.45) is 1.48. The zero-order chi connectivity index (χ0) is 22.4. The molecule has 2 heterocycles. The number of aromatic nitrogens is 1. The van der Waals surface area contributed by atoms with Crippen molar-refractivity contribution in [2.75, 3.05) is 44.7 Å². The van der Waals surface area contributed by atoms with Gasteiger partial charge in [0.25, 0.3) is 5.91 Å². The van der Waals surface area contributed by atoms with E-state index >= 15 is 0 Å². The van der Waals surface area contributed by atoms with Crippen LogP contribution in [0.3, 0.4) is 0 Å². The lowest BCUT2D eigenvalue weighted by atomic mass is 10.0. The highest BCUT2D eigenvalue weighted by molar-refractivity contribution is 6.00. The zero-order valence-corrected chi connectivity index (χ0v) is 19.0. The number of carbonyl (C=O) groups excluding carboxylic acids is 2. The van der Waals surface area contributed by atoms with E-state index in [1.54, 1.807) is 6.92 Å². The van der Waals surface area contributed by atoms with E-state index in [2.05, 4.69) is 51.3 Å². The first-order valence-corrected chi connectivity index (χ1v) is 11.1. The van der Waals surface area contributed by atoms with Crippen molar-refractivity contribution in [2.24, 2.45) is 0 Å². The number of benzene rings is 1. The van der Waals surface area contributed by atoms with Crippen LogP contribution >= 0.6 is 0 Å². The van der Waals surface area contributed by atoms with Crippen LogP contribution in [-0.4, -0.2) is 67.6 Å². The van der Waals surface area contributed by atoms with Crippen LogP contribution in [0.25, 0.3) is 0 Å². The Morgan fingerprint density at radius 1 is 1.16 bits per heavy atom. The predicted octanol–water partition coefficient (Wildman–Crippen LogP) is 3.00. The van der Waals surface area contributed by atoms with Crippen molar-refractivity contribution >= 4 is 17.6 Å². The number of rotatable bonds is 8. The summed E-state index contributed by atoms with van der Waals surface area (Å²) in [4.78, 5) is 33.0. The molecule has 3 rings (SSSR count). The van der Waals surface area contributed by atoms with E-state index < -0.39 is 5.97 Å². The highest BCUT2D eigenvalue weighted by Crippen LogP contribution is 2.22. The van der Waals surface area contributed by atoms with Crippen LogP contribution < -0.4 is 10.2 Å². The first kappa shape index (κ1) is 22.9. The fourth-order valence-corrected chi connectivity index (χ4v) is 4.27. The van der Waals surface area contributed by atoms with Gasteiger partial charge >= 0.3 is 5.97 Å². The van der Waals surface area contributed by atoms with E-state index in [1.807, 2.05) is 13.0 Å². The number of nitrogens with one attached hydrogen (secondary N) is 2. The number of aryl methyl sites for hydroxylation is 1. The summed E-state index contributed by atoms with van der Waals surface area (Å²) in [5.74, 6) is -0.572. The second-order valence-corrected chi connectivity index (χ2v) is 8.14. The van der Waals surface area contributed by atoms with Crippen molar-refractivity contribution in [1.82, 2.24) is 15.2 Å². The summed E-state index contributed by atoms with van der Waals surface area (Å²) in [6, 6.07) is 10.7. The summed E-state index contributed by atoms with van der Waals surface area (Å²) in [7, 11) is 1.36. The molecule has 1 aliphatic rings. The van der Waals surface area contributed by atoms with E-state index in [0.29, 0.717) is 29.9 Å². The van der Waals surface area contributed by atoms with Crippen LogP contribution in [0.2, 0.25) is 0 Å². The van der Waals surface area contributed by atoms with Gasteiger partial charge in [0.2, 0.25) is 0 Å². The van der Waals surface area contributed by atoms with Crippen molar-refractivity contribution in [3.63, 3.8) is 0 Å². The molecule has 1 aromatic heterocycles. The molecule has 7 heteroatoms. The number of methoxy groups -OCH3 is 1. The van der Waals surface area contributed by atoms with Crippen LogP contribution in [-0.2, 0) is 11.2 Å². The monoisotopic (exact) mass is 426 g/mol. The number of esters is 1. The summed E-state index contributed by atoms with van der Waals surface area (Å²) in [6.45, 7) is 10.4. The third-order valence-corrected chi connectivity index (χ3v) is 6.02. The Balaban J connectivity index is 1.58. The molecule has 1 fully saturated rings. The van der Waals surface area contributed by atoms with Gasteiger partial charge in [-0.25, -0.2) is 4.79 Å². The van der Waals surface area contributed by atoms with Crippen LogP contribution in [0, 0.1) is 6.92 Å². The van der Waals surface area contributed by atoms with E-state index in [0.717, 1.165) is 38.2 Å². The van der Waals surface area contributed by atoms with Gasteiger partial charge in [0.15, 0.2) is 0 Å². The van der Waals surface area contributed by atoms with Gasteiger partial charge in [-0.05, 0) is 38.0 Å². The molecule has 0 saturated carbocycles. The van der Waals surface area contributed by atoms with Gasteiger partial charge in [0.05, 0.1) is 12.7 Å². The van der Waals surface area contributed by atoms with Gasteiger partial charge in [0, 0.05) is 50.1 Å². The molecule has 2 N–H and O–H groups in total. The Labute approximate surface area is 184 Å². The maximum atomic E-state index is 12.9. The largest absolute Gasteiger partial charge is 0.465 e. The number of piperazine rings is 1. The number of H-pyrrole nitrogens is 1. The van der Waals surface area contributed by atoms with E-state index in [9.17, 15) is 9.59 Å². The molecule has 1 aromatic carbocycles. The molecule has 31 heavy (non-hydrogen) atoms. The molecule has 1 unspecified atom stereocenters. The van der Waals surface area contributed by atoms with Crippen LogP contribution in [0.15, 0.2) is 30.3 Å². The number of anilines is 1. The minimum Gasteiger partial charge on any atom is -0.465 e. The zero-order valence-electron chi connectivity index (χ0n) is 19.0. The fourth-order valence-electron chi connectivity index (χ4n) is 4.27. The molecule has 2 aromatic rings. The van der Waals surface area contributed by atoms with Crippen molar-refractivity contribution < 1.29 is 14.3 Å². The van der Waals surface area contributed by atoms with Gasteiger partial charge in [-0.1, -0.05) is 31.5 Å². The Kier molecular flexibility index (Phi) is 7.74. The molecule has 1 atom stereocenters. The minimum atomic E-state index is -0.402. The van der Waals surface area contributed by atoms with Gasteiger partial charge < -0.3 is 19.9 Å². The molecule has 168 valence electrons. The highest BCUT2D eigenvalue weighted by Gasteiger charge is 2.26. The molecule has 1 aliphatic heterocycles. The van der Waals surface area contributed by atoms with Crippen LogP contribution in [0.1, 0.15) is 52.4 Å². The fraction of sp³-hybridized carbons (Fsp3) is 0.500. The smallest absolute Gasteiger partial charge is 0.339 e. The Bertz CT molecular complexity index is 886. The number of hydrogen-bond donors (Lipinski definition) is 2. The minimum absolute atomic E-state index is 0.170. The number of ether oxygens (including phenoxy) is 1. The van der Waals surface area contributed by atoms with E-state index in [1.165, 1.54) is 12.8 Å². The standard InChI is InChI=1S/C24H34N4O3/c1-5-9-20-21(24(30)31-4)18(3)26-22(20)23(29)25-16-17(2)27-12-14-28(15-13-27)19-10-7-6-8-11-19/h6-8,10-11,17,26H,5,9,12-16H2,1-4H3,(H,25,29). The quantitative estimate of drug-likeness (QED) is 0.635. The summed E-state index contributed by atoms with van der Waals surface area (Å²) < 4.78 is 4.91. The Hall–Kier alpha value is -2.80. The van der Waals surface area contributed by atoms with Gasteiger partial charge in [0.1, 0.15) is 5.69 Å². The maximum absolute atomic E-state index is 12.9. The lowest BCUT2D eigenvalue weighted by Gasteiger charge is -2.39. The molecule has 7 nitrogen and oxygen atoms in total. The van der Waals surface area contributed by atoms with Crippen molar-refractivity contribution in [3.05, 3.63) is 52.8 Å². The second-order valence-electron chi connectivity index (χ2n) is 8.14. The number of carbonyl (C=O) groups is 2. The van der Waals surface area contributed by atoms with Crippen molar-refractivity contribution in [1.29, 1.82) is 0 Å². The normalized spacial score (nSPS) is 15.5. The van der Waals surface area contributed by atoms with Gasteiger partial charge in [-0.2, -0.15) is 0 Å². The molecule has 1 amide bonds. The second kappa shape index (κ2) is 10.5. The van der Waals surface area contributed by atoms with Crippen LogP contribution in [0.4, 0.5) is 5.69 Å². The van der Waals surface area contributed by atoms with Crippen molar-refractivity contribution in [2.45, 2.75) is 39.7 Å².